The fourth-order valence-corrected chi connectivity index (χ4v) is 6.02. The predicted octanol–water partition coefficient (Wildman–Crippen LogP) is 2.95. The molecule has 1 aromatic carbocycles. The van der Waals surface area contributed by atoms with Crippen LogP contribution in [0.25, 0.3) is 0 Å². The molecule has 0 unspecified atom stereocenters. The lowest BCUT2D eigenvalue weighted by molar-refractivity contribution is -0.132. The van der Waals surface area contributed by atoms with E-state index < -0.39 is 9.84 Å². The number of amides is 1. The number of benzene rings is 1. The Kier molecular flexibility index (Phi) is 7.95. The number of nitrogens with zero attached hydrogens (tertiary/aromatic N) is 1. The topological polar surface area (TPSA) is 80.8 Å². The number of thioether (sulfide) groups is 1. The van der Waals surface area contributed by atoms with Crippen LogP contribution in [0.2, 0.25) is 0 Å². The number of hydrogen-bond donors (Lipinski definition) is 0. The van der Waals surface area contributed by atoms with E-state index in [0.717, 1.165) is 12.0 Å². The van der Waals surface area contributed by atoms with E-state index in [1.165, 1.54) is 18.7 Å². The van der Waals surface area contributed by atoms with Gasteiger partial charge >= 0.3 is 0 Å². The summed E-state index contributed by atoms with van der Waals surface area (Å²) in [5.74, 6) is 1.63. The van der Waals surface area contributed by atoms with Gasteiger partial charge in [-0.1, -0.05) is 6.92 Å². The van der Waals surface area contributed by atoms with Crippen molar-refractivity contribution in [2.24, 2.45) is 0 Å². The summed E-state index contributed by atoms with van der Waals surface area (Å²) >= 11 is 1.45. The molecular weight excluding hydrogens is 398 g/mol. The van der Waals surface area contributed by atoms with Crippen molar-refractivity contribution in [3.63, 3.8) is 0 Å². The first-order valence-electron chi connectivity index (χ1n) is 9.45. The maximum Gasteiger partial charge on any atom is 0.233 e. The second kappa shape index (κ2) is 9.78. The van der Waals surface area contributed by atoms with Gasteiger partial charge in [0.25, 0.3) is 0 Å². The second-order valence-electron chi connectivity index (χ2n) is 7.19. The van der Waals surface area contributed by atoms with E-state index in [2.05, 4.69) is 0 Å². The third-order valence-corrected chi connectivity index (χ3v) is 7.84. The molecule has 1 aliphatic rings. The summed E-state index contributed by atoms with van der Waals surface area (Å²) in [6.07, 6.45) is 1.29. The van der Waals surface area contributed by atoms with Gasteiger partial charge in [0.15, 0.2) is 15.6 Å². The third-order valence-electron chi connectivity index (χ3n) is 5.13. The van der Waals surface area contributed by atoms with Gasteiger partial charge in [-0.2, -0.15) is 0 Å². The van der Waals surface area contributed by atoms with Crippen molar-refractivity contribution in [2.75, 3.05) is 24.4 Å². The van der Waals surface area contributed by atoms with E-state index in [0.29, 0.717) is 23.5 Å². The molecule has 0 aliphatic carbocycles. The maximum absolute atomic E-state index is 12.9. The van der Waals surface area contributed by atoms with E-state index in [1.807, 2.05) is 13.8 Å². The maximum atomic E-state index is 12.9. The first-order chi connectivity index (χ1) is 13.2. The van der Waals surface area contributed by atoms with Crippen molar-refractivity contribution < 1.29 is 22.7 Å². The molecule has 2 rings (SSSR count). The zero-order valence-corrected chi connectivity index (χ0v) is 18.6. The Morgan fingerprint density at radius 2 is 2.07 bits per heavy atom. The SMILES string of the molecule is CC[C@@H](C)N(C(=O)CSCc1cc(C(C)=O)ccc1OC)[C@@H]1CCS(=O)(=O)C1. The van der Waals surface area contributed by atoms with Crippen LogP contribution in [-0.2, 0) is 20.4 Å². The van der Waals surface area contributed by atoms with Crippen LogP contribution in [-0.4, -0.2) is 61.5 Å². The number of ether oxygens (including phenoxy) is 1. The van der Waals surface area contributed by atoms with Gasteiger partial charge in [-0.15, -0.1) is 11.8 Å². The normalized spacial score (nSPS) is 19.2. The Morgan fingerprint density at radius 3 is 2.61 bits per heavy atom. The molecule has 0 saturated carbocycles. The minimum Gasteiger partial charge on any atom is -0.496 e. The Balaban J connectivity index is 2.05. The highest BCUT2D eigenvalue weighted by atomic mass is 32.2. The van der Waals surface area contributed by atoms with Crippen LogP contribution in [0, 0.1) is 0 Å². The summed E-state index contributed by atoms with van der Waals surface area (Å²) in [4.78, 5) is 26.3. The number of rotatable bonds is 9. The van der Waals surface area contributed by atoms with Gasteiger partial charge in [0, 0.05) is 29.0 Å². The summed E-state index contributed by atoms with van der Waals surface area (Å²) in [5.41, 5.74) is 1.48. The molecule has 1 fully saturated rings. The Labute approximate surface area is 171 Å². The fourth-order valence-electron chi connectivity index (χ4n) is 3.43. The molecule has 1 amide bonds. The number of sulfone groups is 1. The smallest absolute Gasteiger partial charge is 0.233 e. The van der Waals surface area contributed by atoms with Gasteiger partial charge in [0.05, 0.1) is 24.4 Å². The number of Topliss-reactive ketones (excluding diaryl/α,β-unsaturated/α-hetero) is 1. The molecule has 8 heteroatoms. The lowest BCUT2D eigenvalue weighted by Gasteiger charge is -2.33. The molecule has 0 N–H and O–H groups in total. The van der Waals surface area contributed by atoms with E-state index in [-0.39, 0.29) is 41.0 Å². The van der Waals surface area contributed by atoms with E-state index >= 15 is 0 Å². The summed E-state index contributed by atoms with van der Waals surface area (Å²) < 4.78 is 29.1. The first-order valence-corrected chi connectivity index (χ1v) is 12.4. The number of ketones is 1. The Hall–Kier alpha value is -1.54. The summed E-state index contributed by atoms with van der Waals surface area (Å²) in [5, 5.41) is 0. The molecule has 0 radical (unpaired) electrons. The van der Waals surface area contributed by atoms with Crippen molar-refractivity contribution in [1.82, 2.24) is 4.90 Å². The van der Waals surface area contributed by atoms with Crippen LogP contribution in [0.15, 0.2) is 18.2 Å². The average Bonchev–Trinajstić information content (AvgIpc) is 3.00. The van der Waals surface area contributed by atoms with Crippen molar-refractivity contribution in [3.8, 4) is 5.75 Å². The molecule has 2 atom stereocenters. The first kappa shape index (κ1) is 22.7. The highest BCUT2D eigenvalue weighted by Gasteiger charge is 2.36. The van der Waals surface area contributed by atoms with Gasteiger partial charge in [-0.25, -0.2) is 8.42 Å². The predicted molar refractivity (Wildman–Crippen MR) is 113 cm³/mol. The average molecular weight is 428 g/mol. The van der Waals surface area contributed by atoms with Gasteiger partial charge in [0.1, 0.15) is 5.75 Å². The van der Waals surface area contributed by atoms with Crippen LogP contribution in [0.3, 0.4) is 0 Å². The lowest BCUT2D eigenvalue weighted by atomic mass is 10.1. The van der Waals surface area contributed by atoms with Crippen LogP contribution in [0.1, 0.15) is 49.5 Å². The van der Waals surface area contributed by atoms with Gasteiger partial charge in [-0.05, 0) is 44.9 Å². The van der Waals surface area contributed by atoms with Gasteiger partial charge in [-0.3, -0.25) is 9.59 Å². The highest BCUT2D eigenvalue weighted by Crippen LogP contribution is 2.27. The van der Waals surface area contributed by atoms with Crippen molar-refractivity contribution >= 4 is 33.3 Å². The molecule has 1 aromatic rings. The molecule has 1 saturated heterocycles. The van der Waals surface area contributed by atoms with Crippen molar-refractivity contribution in [2.45, 2.75) is 51.4 Å². The van der Waals surface area contributed by atoms with Crippen LogP contribution in [0.4, 0.5) is 0 Å². The highest BCUT2D eigenvalue weighted by molar-refractivity contribution is 7.99. The largest absolute Gasteiger partial charge is 0.496 e. The van der Waals surface area contributed by atoms with E-state index in [4.69, 9.17) is 4.74 Å². The molecule has 6 nitrogen and oxygen atoms in total. The Morgan fingerprint density at radius 1 is 1.36 bits per heavy atom. The molecule has 1 heterocycles. The number of carbonyl (C=O) groups excluding carboxylic acids is 2. The van der Waals surface area contributed by atoms with E-state index in [9.17, 15) is 18.0 Å². The molecule has 156 valence electrons. The quantitative estimate of drug-likeness (QED) is 0.564. The molecular formula is C20H29NO5S2. The minimum atomic E-state index is -3.05. The summed E-state index contributed by atoms with van der Waals surface area (Å²) in [6.45, 7) is 5.48. The second-order valence-corrected chi connectivity index (χ2v) is 10.4. The van der Waals surface area contributed by atoms with Gasteiger partial charge in [0.2, 0.25) is 5.91 Å². The van der Waals surface area contributed by atoms with E-state index in [1.54, 1.807) is 30.2 Å². The van der Waals surface area contributed by atoms with Gasteiger partial charge < -0.3 is 9.64 Å². The number of methoxy groups -OCH3 is 1. The van der Waals surface area contributed by atoms with Crippen LogP contribution >= 0.6 is 11.8 Å². The molecule has 1 aliphatic heterocycles. The molecule has 0 bridgehead atoms. The fraction of sp³-hybridized carbons (Fsp3) is 0.600. The zero-order chi connectivity index (χ0) is 20.9. The standard InChI is InChI=1S/C20H29NO5S2/c1-5-14(2)21(18-8-9-28(24,25)13-18)20(23)12-27-11-17-10-16(15(3)22)6-7-19(17)26-4/h6-7,10,14,18H,5,8-9,11-13H2,1-4H3/t14-,18-/m1/s1. The van der Waals surface area contributed by atoms with Crippen LogP contribution in [0.5, 0.6) is 5.75 Å². The van der Waals surface area contributed by atoms with Crippen molar-refractivity contribution in [1.29, 1.82) is 0 Å². The molecule has 0 spiro atoms. The molecule has 28 heavy (non-hydrogen) atoms. The van der Waals surface area contributed by atoms with Crippen molar-refractivity contribution in [3.05, 3.63) is 29.3 Å². The number of carbonyl (C=O) groups is 2. The monoisotopic (exact) mass is 427 g/mol. The third kappa shape index (κ3) is 5.73. The zero-order valence-electron chi connectivity index (χ0n) is 16.9. The van der Waals surface area contributed by atoms with Crippen LogP contribution < -0.4 is 4.74 Å². The minimum absolute atomic E-state index is 0.00183. The summed E-state index contributed by atoms with van der Waals surface area (Å²) in [6, 6.07) is 5.06. The molecule has 0 aromatic heterocycles. The lowest BCUT2D eigenvalue weighted by Crippen LogP contribution is -2.47. The Bertz CT molecular complexity index is 822. The number of hydrogen-bond acceptors (Lipinski definition) is 6. The summed E-state index contributed by atoms with van der Waals surface area (Å²) in [7, 11) is -1.47.